The molecule has 0 saturated heterocycles. The van der Waals surface area contributed by atoms with E-state index < -0.39 is 12.0 Å². The van der Waals surface area contributed by atoms with Gasteiger partial charge >= 0.3 is 5.97 Å². The molecule has 0 aliphatic heterocycles. The molecule has 70 valence electrons. The predicted molar refractivity (Wildman–Crippen MR) is 43.5 cm³/mol. The molecule has 0 aromatic carbocycles. The van der Waals surface area contributed by atoms with Crippen molar-refractivity contribution in [1.29, 1.82) is 0 Å². The molecule has 0 aromatic heterocycles. The Kier molecular flexibility index (Phi) is 4.28. The van der Waals surface area contributed by atoms with Gasteiger partial charge < -0.3 is 16.2 Å². The van der Waals surface area contributed by atoms with Gasteiger partial charge in [-0.3, -0.25) is 9.59 Å². The van der Waals surface area contributed by atoms with Crippen molar-refractivity contribution in [2.24, 2.45) is 11.7 Å². The maximum atomic E-state index is 11.0. The van der Waals surface area contributed by atoms with Crippen LogP contribution in [0.4, 0.5) is 0 Å². The van der Waals surface area contributed by atoms with Crippen molar-refractivity contribution in [3.05, 3.63) is 0 Å². The first-order chi connectivity index (χ1) is 5.49. The molecule has 0 radical (unpaired) electrons. The fourth-order valence-corrected chi connectivity index (χ4v) is 0.524. The first-order valence-electron chi connectivity index (χ1n) is 3.72. The van der Waals surface area contributed by atoms with Crippen molar-refractivity contribution in [1.82, 2.24) is 5.32 Å². The van der Waals surface area contributed by atoms with Crippen molar-refractivity contribution < 1.29 is 14.7 Å². The Balaban J connectivity index is 3.92. The maximum Gasteiger partial charge on any atom is 0.325 e. The SMILES string of the molecule is CC(CN)C(=O)N[C@H](C)C(=O)O. The summed E-state index contributed by atoms with van der Waals surface area (Å²) in [5, 5.41) is 10.8. The van der Waals surface area contributed by atoms with Crippen molar-refractivity contribution in [3.63, 3.8) is 0 Å². The molecule has 0 aliphatic rings. The standard InChI is InChI=1S/C7H14N2O3/c1-4(3-8)6(10)9-5(2)7(11)12/h4-5H,3,8H2,1-2H3,(H,9,10)(H,11,12)/t4?,5-/m1/s1. The van der Waals surface area contributed by atoms with Crippen molar-refractivity contribution in [3.8, 4) is 0 Å². The molecule has 4 N–H and O–H groups in total. The van der Waals surface area contributed by atoms with Crippen LogP contribution in [0.2, 0.25) is 0 Å². The molecule has 0 heterocycles. The monoisotopic (exact) mass is 174 g/mol. The van der Waals surface area contributed by atoms with Crippen molar-refractivity contribution >= 4 is 11.9 Å². The minimum absolute atomic E-state index is 0.220. The van der Waals surface area contributed by atoms with Crippen LogP contribution in [0.25, 0.3) is 0 Å². The minimum atomic E-state index is -1.05. The molecule has 0 aromatic rings. The number of carbonyl (C=O) groups is 2. The van der Waals surface area contributed by atoms with E-state index in [0.29, 0.717) is 0 Å². The van der Waals surface area contributed by atoms with Gasteiger partial charge in [0.25, 0.3) is 0 Å². The Labute approximate surface area is 70.9 Å². The van der Waals surface area contributed by atoms with Crippen molar-refractivity contribution in [2.75, 3.05) is 6.54 Å². The number of carbonyl (C=O) groups excluding carboxylic acids is 1. The van der Waals surface area contributed by atoms with Gasteiger partial charge in [0.1, 0.15) is 6.04 Å². The Hall–Kier alpha value is -1.10. The Morgan fingerprint density at radius 3 is 2.33 bits per heavy atom. The normalized spacial score (nSPS) is 14.9. The predicted octanol–water partition coefficient (Wildman–Crippen LogP) is -0.829. The van der Waals surface area contributed by atoms with E-state index in [-0.39, 0.29) is 18.4 Å². The summed E-state index contributed by atoms with van der Waals surface area (Å²) in [6.07, 6.45) is 0. The summed E-state index contributed by atoms with van der Waals surface area (Å²) in [7, 11) is 0. The number of amides is 1. The molecule has 0 fully saturated rings. The molecule has 0 saturated carbocycles. The van der Waals surface area contributed by atoms with Gasteiger partial charge in [0.2, 0.25) is 5.91 Å². The number of hydrogen-bond acceptors (Lipinski definition) is 3. The Morgan fingerprint density at radius 2 is 2.00 bits per heavy atom. The molecule has 0 rings (SSSR count). The van der Waals surface area contributed by atoms with Gasteiger partial charge in [-0.25, -0.2) is 0 Å². The highest BCUT2D eigenvalue weighted by Crippen LogP contribution is 1.92. The van der Waals surface area contributed by atoms with Crippen LogP contribution in [0.3, 0.4) is 0 Å². The summed E-state index contributed by atoms with van der Waals surface area (Å²) in [5.41, 5.74) is 5.22. The number of hydrogen-bond donors (Lipinski definition) is 3. The highest BCUT2D eigenvalue weighted by molar-refractivity contribution is 5.84. The molecule has 5 nitrogen and oxygen atoms in total. The second-order valence-corrected chi connectivity index (χ2v) is 2.71. The number of nitrogens with one attached hydrogen (secondary N) is 1. The largest absolute Gasteiger partial charge is 0.480 e. The van der Waals surface area contributed by atoms with E-state index in [1.54, 1.807) is 6.92 Å². The summed E-state index contributed by atoms with van der Waals surface area (Å²) >= 11 is 0. The van der Waals surface area contributed by atoms with Gasteiger partial charge in [0, 0.05) is 12.5 Å². The van der Waals surface area contributed by atoms with Crippen LogP contribution in [-0.2, 0) is 9.59 Å². The van der Waals surface area contributed by atoms with E-state index >= 15 is 0 Å². The van der Waals surface area contributed by atoms with E-state index in [4.69, 9.17) is 10.8 Å². The molecular weight excluding hydrogens is 160 g/mol. The lowest BCUT2D eigenvalue weighted by Crippen LogP contribution is -2.42. The average Bonchev–Trinajstić information content (AvgIpc) is 2.02. The van der Waals surface area contributed by atoms with Crippen LogP contribution in [0, 0.1) is 5.92 Å². The third-order valence-corrected chi connectivity index (χ3v) is 1.53. The third-order valence-electron chi connectivity index (χ3n) is 1.53. The van der Waals surface area contributed by atoms with E-state index in [2.05, 4.69) is 5.32 Å². The number of nitrogens with two attached hydrogens (primary N) is 1. The number of carboxylic acids is 1. The molecule has 1 unspecified atom stereocenters. The van der Waals surface area contributed by atoms with Crippen LogP contribution in [0.5, 0.6) is 0 Å². The molecule has 5 heteroatoms. The highest BCUT2D eigenvalue weighted by Gasteiger charge is 2.17. The maximum absolute atomic E-state index is 11.0. The fourth-order valence-electron chi connectivity index (χ4n) is 0.524. The second kappa shape index (κ2) is 4.71. The molecular formula is C7H14N2O3. The molecule has 0 bridgehead atoms. The van der Waals surface area contributed by atoms with Gasteiger partial charge in [0.15, 0.2) is 0 Å². The van der Waals surface area contributed by atoms with Crippen LogP contribution in [0.1, 0.15) is 13.8 Å². The van der Waals surface area contributed by atoms with Gasteiger partial charge in [0.05, 0.1) is 0 Å². The zero-order chi connectivity index (χ0) is 9.72. The van der Waals surface area contributed by atoms with E-state index in [1.165, 1.54) is 6.92 Å². The highest BCUT2D eigenvalue weighted by atomic mass is 16.4. The van der Waals surface area contributed by atoms with Gasteiger partial charge in [-0.05, 0) is 6.92 Å². The zero-order valence-electron chi connectivity index (χ0n) is 7.20. The molecule has 1 amide bonds. The van der Waals surface area contributed by atoms with Crippen LogP contribution in [-0.4, -0.2) is 29.6 Å². The number of aliphatic carboxylic acids is 1. The summed E-state index contributed by atoms with van der Waals surface area (Å²) < 4.78 is 0. The molecule has 12 heavy (non-hydrogen) atoms. The fraction of sp³-hybridized carbons (Fsp3) is 0.714. The summed E-state index contributed by atoms with van der Waals surface area (Å²) in [4.78, 5) is 21.3. The second-order valence-electron chi connectivity index (χ2n) is 2.71. The molecule has 0 spiro atoms. The van der Waals surface area contributed by atoms with Gasteiger partial charge in [-0.2, -0.15) is 0 Å². The summed E-state index contributed by atoms with van der Waals surface area (Å²) in [6.45, 7) is 3.27. The average molecular weight is 174 g/mol. The smallest absolute Gasteiger partial charge is 0.325 e. The summed E-state index contributed by atoms with van der Waals surface area (Å²) in [5.74, 6) is -1.72. The van der Waals surface area contributed by atoms with E-state index in [1.807, 2.05) is 0 Å². The first kappa shape index (κ1) is 10.9. The van der Waals surface area contributed by atoms with Crippen LogP contribution < -0.4 is 11.1 Å². The first-order valence-corrected chi connectivity index (χ1v) is 3.72. The van der Waals surface area contributed by atoms with Crippen molar-refractivity contribution in [2.45, 2.75) is 19.9 Å². The van der Waals surface area contributed by atoms with E-state index in [9.17, 15) is 9.59 Å². The van der Waals surface area contributed by atoms with Crippen LogP contribution >= 0.6 is 0 Å². The Bertz CT molecular complexity index is 181. The number of rotatable bonds is 4. The topological polar surface area (TPSA) is 92.4 Å². The third kappa shape index (κ3) is 3.34. The lowest BCUT2D eigenvalue weighted by molar-refractivity contribution is -0.141. The lowest BCUT2D eigenvalue weighted by Gasteiger charge is -2.12. The zero-order valence-corrected chi connectivity index (χ0v) is 7.20. The quantitative estimate of drug-likeness (QED) is 0.518. The van der Waals surface area contributed by atoms with Gasteiger partial charge in [-0.1, -0.05) is 6.92 Å². The Morgan fingerprint density at radius 1 is 1.50 bits per heavy atom. The van der Waals surface area contributed by atoms with Crippen LogP contribution in [0.15, 0.2) is 0 Å². The molecule has 0 aliphatic carbocycles. The summed E-state index contributed by atoms with van der Waals surface area (Å²) in [6, 6.07) is -0.855. The van der Waals surface area contributed by atoms with Gasteiger partial charge in [-0.15, -0.1) is 0 Å². The van der Waals surface area contributed by atoms with E-state index in [0.717, 1.165) is 0 Å². The number of carboxylic acid groups (broad SMARTS) is 1. The minimum Gasteiger partial charge on any atom is -0.480 e. The lowest BCUT2D eigenvalue weighted by atomic mass is 10.1. The molecule has 2 atom stereocenters.